The smallest absolute Gasteiger partial charge is 0.310 e. The predicted molar refractivity (Wildman–Crippen MR) is 66.9 cm³/mol. The summed E-state index contributed by atoms with van der Waals surface area (Å²) in [5, 5.41) is 22.5. The zero-order valence-electron chi connectivity index (χ0n) is 11.0. The van der Waals surface area contributed by atoms with E-state index in [4.69, 9.17) is 5.11 Å². The monoisotopic (exact) mass is 243 g/mol. The van der Waals surface area contributed by atoms with Gasteiger partial charge in [-0.15, -0.1) is 0 Å². The summed E-state index contributed by atoms with van der Waals surface area (Å²) in [6, 6.07) is 0. The third kappa shape index (κ3) is 4.64. The third-order valence-electron chi connectivity index (χ3n) is 3.63. The number of hydrogen-bond donors (Lipinski definition) is 3. The molecule has 0 saturated heterocycles. The van der Waals surface area contributed by atoms with E-state index >= 15 is 0 Å². The number of carbonyl (C=O) groups is 1. The molecule has 0 aromatic heterocycles. The summed E-state index contributed by atoms with van der Waals surface area (Å²) >= 11 is 0. The van der Waals surface area contributed by atoms with Crippen LogP contribution in [0.2, 0.25) is 0 Å². The van der Waals surface area contributed by atoms with Crippen LogP contribution in [0.3, 0.4) is 0 Å². The van der Waals surface area contributed by atoms with Crippen molar-refractivity contribution < 1.29 is 15.0 Å². The van der Waals surface area contributed by atoms with Crippen molar-refractivity contribution in [3.8, 4) is 0 Å². The van der Waals surface area contributed by atoms with E-state index in [9.17, 15) is 9.90 Å². The minimum Gasteiger partial charge on any atom is -0.481 e. The van der Waals surface area contributed by atoms with E-state index in [0.717, 1.165) is 25.7 Å². The van der Waals surface area contributed by atoms with E-state index in [0.29, 0.717) is 13.1 Å². The van der Waals surface area contributed by atoms with Gasteiger partial charge in [0.15, 0.2) is 0 Å². The molecule has 1 fully saturated rings. The molecule has 3 N–H and O–H groups in total. The fourth-order valence-corrected chi connectivity index (χ4v) is 2.25. The molecular formula is C13H25NO3. The second-order valence-electron chi connectivity index (χ2n) is 5.93. The number of carboxylic acids is 1. The summed E-state index contributed by atoms with van der Waals surface area (Å²) in [5.74, 6) is -0.808. The number of nitrogens with one attached hydrogen (secondary N) is 1. The zero-order valence-corrected chi connectivity index (χ0v) is 11.0. The van der Waals surface area contributed by atoms with Crippen LogP contribution in [0, 0.1) is 5.41 Å². The number of carboxylic acid groups (broad SMARTS) is 1. The molecule has 1 rings (SSSR count). The molecule has 0 bridgehead atoms. The van der Waals surface area contributed by atoms with Crippen molar-refractivity contribution in [1.82, 2.24) is 5.32 Å². The number of aliphatic carboxylic acids is 1. The Labute approximate surface area is 103 Å². The van der Waals surface area contributed by atoms with Crippen LogP contribution < -0.4 is 5.32 Å². The van der Waals surface area contributed by atoms with Crippen molar-refractivity contribution in [1.29, 1.82) is 0 Å². The van der Waals surface area contributed by atoms with Crippen LogP contribution in [0.4, 0.5) is 0 Å². The lowest BCUT2D eigenvalue weighted by atomic mass is 9.91. The first-order valence-corrected chi connectivity index (χ1v) is 6.52. The lowest BCUT2D eigenvalue weighted by molar-refractivity contribution is -0.146. The van der Waals surface area contributed by atoms with Crippen LogP contribution in [0.25, 0.3) is 0 Å². The van der Waals surface area contributed by atoms with Gasteiger partial charge in [-0.1, -0.05) is 25.7 Å². The standard InChI is InChI=1S/C13H25NO3/c1-12(2,11(15)16)9-14-10-13(17)7-5-3-4-6-8-13/h14,17H,3-10H2,1-2H3,(H,15,16). The second kappa shape index (κ2) is 5.83. The minimum absolute atomic E-state index is 0.393. The average Bonchev–Trinajstić information content (AvgIpc) is 2.43. The summed E-state index contributed by atoms with van der Waals surface area (Å²) in [4.78, 5) is 10.9. The highest BCUT2D eigenvalue weighted by molar-refractivity contribution is 5.73. The molecule has 0 heterocycles. The van der Waals surface area contributed by atoms with Gasteiger partial charge in [-0.3, -0.25) is 4.79 Å². The predicted octanol–water partition coefficient (Wildman–Crippen LogP) is 1.77. The normalized spacial score (nSPS) is 20.9. The molecule has 17 heavy (non-hydrogen) atoms. The van der Waals surface area contributed by atoms with Crippen molar-refractivity contribution >= 4 is 5.97 Å². The SMILES string of the molecule is CC(C)(CNCC1(O)CCCCCC1)C(=O)O. The van der Waals surface area contributed by atoms with Gasteiger partial charge in [-0.25, -0.2) is 0 Å². The van der Waals surface area contributed by atoms with E-state index in [1.165, 1.54) is 12.8 Å². The van der Waals surface area contributed by atoms with Gasteiger partial charge in [0.1, 0.15) is 0 Å². The first kappa shape index (κ1) is 14.5. The van der Waals surface area contributed by atoms with E-state index in [1.54, 1.807) is 13.8 Å². The van der Waals surface area contributed by atoms with Crippen molar-refractivity contribution in [3.05, 3.63) is 0 Å². The summed E-state index contributed by atoms with van der Waals surface area (Å²) < 4.78 is 0. The van der Waals surface area contributed by atoms with Crippen LogP contribution in [-0.4, -0.2) is 34.9 Å². The Kier molecular flexibility index (Phi) is 4.95. The average molecular weight is 243 g/mol. The van der Waals surface area contributed by atoms with Crippen molar-refractivity contribution in [2.45, 2.75) is 58.0 Å². The molecule has 4 nitrogen and oxygen atoms in total. The molecule has 1 aliphatic rings. The molecular weight excluding hydrogens is 218 g/mol. The molecule has 1 saturated carbocycles. The van der Waals surface area contributed by atoms with Gasteiger partial charge >= 0.3 is 5.97 Å². The Balaban J connectivity index is 2.36. The van der Waals surface area contributed by atoms with E-state index < -0.39 is 17.0 Å². The van der Waals surface area contributed by atoms with Gasteiger partial charge in [0.25, 0.3) is 0 Å². The van der Waals surface area contributed by atoms with Gasteiger partial charge in [0.05, 0.1) is 11.0 Å². The highest BCUT2D eigenvalue weighted by atomic mass is 16.4. The van der Waals surface area contributed by atoms with E-state index in [2.05, 4.69) is 5.32 Å². The van der Waals surface area contributed by atoms with Crippen molar-refractivity contribution in [2.24, 2.45) is 5.41 Å². The molecule has 0 amide bonds. The molecule has 0 aromatic carbocycles. The van der Waals surface area contributed by atoms with Crippen LogP contribution in [0.5, 0.6) is 0 Å². The van der Waals surface area contributed by atoms with Crippen LogP contribution >= 0.6 is 0 Å². The van der Waals surface area contributed by atoms with Crippen LogP contribution in [0.15, 0.2) is 0 Å². The van der Waals surface area contributed by atoms with Gasteiger partial charge in [0.2, 0.25) is 0 Å². The molecule has 1 aliphatic carbocycles. The van der Waals surface area contributed by atoms with Crippen LogP contribution in [-0.2, 0) is 4.79 Å². The number of hydrogen-bond acceptors (Lipinski definition) is 3. The first-order valence-electron chi connectivity index (χ1n) is 6.52. The maximum atomic E-state index is 10.9. The second-order valence-corrected chi connectivity index (χ2v) is 5.93. The summed E-state index contributed by atoms with van der Waals surface area (Å²) in [6.07, 6.45) is 6.19. The van der Waals surface area contributed by atoms with Crippen LogP contribution in [0.1, 0.15) is 52.4 Å². The molecule has 0 aliphatic heterocycles. The lowest BCUT2D eigenvalue weighted by Crippen LogP contribution is -2.45. The molecule has 100 valence electrons. The van der Waals surface area contributed by atoms with Gasteiger partial charge in [-0.2, -0.15) is 0 Å². The number of aliphatic hydroxyl groups is 1. The summed E-state index contributed by atoms with van der Waals surface area (Å²) in [5.41, 5.74) is -1.41. The fourth-order valence-electron chi connectivity index (χ4n) is 2.25. The Bertz CT molecular complexity index is 255. The lowest BCUT2D eigenvalue weighted by Gasteiger charge is -2.29. The quantitative estimate of drug-likeness (QED) is 0.644. The Morgan fingerprint density at radius 3 is 2.24 bits per heavy atom. The molecule has 0 spiro atoms. The van der Waals surface area contributed by atoms with Gasteiger partial charge in [0, 0.05) is 13.1 Å². The molecule has 4 heteroatoms. The maximum Gasteiger partial charge on any atom is 0.310 e. The highest BCUT2D eigenvalue weighted by Crippen LogP contribution is 2.26. The molecule has 0 unspecified atom stereocenters. The largest absolute Gasteiger partial charge is 0.481 e. The Hall–Kier alpha value is -0.610. The maximum absolute atomic E-state index is 10.9. The van der Waals surface area contributed by atoms with Gasteiger partial charge in [-0.05, 0) is 26.7 Å². The van der Waals surface area contributed by atoms with E-state index in [1.807, 2.05) is 0 Å². The zero-order chi connectivity index (χ0) is 12.9. The highest BCUT2D eigenvalue weighted by Gasteiger charge is 2.30. The third-order valence-corrected chi connectivity index (χ3v) is 3.63. The Morgan fingerprint density at radius 1 is 1.24 bits per heavy atom. The summed E-state index contributed by atoms with van der Waals surface area (Å²) in [6.45, 7) is 4.29. The molecule has 0 aromatic rings. The summed E-state index contributed by atoms with van der Waals surface area (Å²) in [7, 11) is 0. The molecule has 0 atom stereocenters. The topological polar surface area (TPSA) is 69.6 Å². The Morgan fingerprint density at radius 2 is 1.76 bits per heavy atom. The molecule has 0 radical (unpaired) electrons. The van der Waals surface area contributed by atoms with Crippen molar-refractivity contribution in [2.75, 3.05) is 13.1 Å². The fraction of sp³-hybridized carbons (Fsp3) is 0.923. The minimum atomic E-state index is -0.808. The number of rotatable bonds is 5. The first-order chi connectivity index (χ1) is 7.86. The van der Waals surface area contributed by atoms with Crippen molar-refractivity contribution in [3.63, 3.8) is 0 Å². The van der Waals surface area contributed by atoms with E-state index in [-0.39, 0.29) is 0 Å². The van der Waals surface area contributed by atoms with Gasteiger partial charge < -0.3 is 15.5 Å².